The third-order valence-corrected chi connectivity index (χ3v) is 2.47. The van der Waals surface area contributed by atoms with Crippen LogP contribution in [0.4, 0.5) is 16.2 Å². The van der Waals surface area contributed by atoms with Gasteiger partial charge >= 0.3 is 6.03 Å². The van der Waals surface area contributed by atoms with Crippen molar-refractivity contribution in [2.24, 2.45) is 0 Å². The number of carbonyl (C=O) groups excluding carboxylic acids is 1. The highest BCUT2D eigenvalue weighted by molar-refractivity contribution is 5.74. The normalized spacial score (nSPS) is 9.88. The molecule has 0 saturated carbocycles. The zero-order valence-corrected chi connectivity index (χ0v) is 9.66. The number of carbonyl (C=O) groups is 1. The molecule has 0 unspecified atom stereocenters. The molecule has 5 heteroatoms. The molecule has 0 fully saturated rings. The largest absolute Gasteiger partial charge is 0.397 e. The maximum atomic E-state index is 11.5. The second-order valence-corrected chi connectivity index (χ2v) is 3.49. The van der Waals surface area contributed by atoms with Crippen LogP contribution < -0.4 is 16.8 Å². The Bertz CT molecular complexity index is 378. The average Bonchev–Trinajstić information content (AvgIpc) is 2.30. The van der Waals surface area contributed by atoms with Crippen LogP contribution in [-0.4, -0.2) is 24.5 Å². The molecule has 0 aliphatic heterocycles. The van der Waals surface area contributed by atoms with Gasteiger partial charge in [-0.05, 0) is 18.6 Å². The van der Waals surface area contributed by atoms with Crippen LogP contribution >= 0.6 is 0 Å². The van der Waals surface area contributed by atoms with Crippen LogP contribution in [0.25, 0.3) is 0 Å². The van der Waals surface area contributed by atoms with Gasteiger partial charge in [-0.25, -0.2) is 4.79 Å². The van der Waals surface area contributed by atoms with Gasteiger partial charge in [0.2, 0.25) is 0 Å². The van der Waals surface area contributed by atoms with Crippen LogP contribution in [0.5, 0.6) is 0 Å². The molecule has 0 saturated heterocycles. The quantitative estimate of drug-likeness (QED) is 0.667. The van der Waals surface area contributed by atoms with Gasteiger partial charge in [0.1, 0.15) is 0 Å². The van der Waals surface area contributed by atoms with Crippen LogP contribution in [0.15, 0.2) is 18.2 Å². The number of anilines is 2. The van der Waals surface area contributed by atoms with Gasteiger partial charge in [-0.15, -0.1) is 0 Å². The number of nitrogens with zero attached hydrogens (tertiary/aromatic N) is 1. The monoisotopic (exact) mass is 222 g/mol. The molecule has 16 heavy (non-hydrogen) atoms. The minimum Gasteiger partial charge on any atom is -0.397 e. The van der Waals surface area contributed by atoms with E-state index >= 15 is 0 Å². The van der Waals surface area contributed by atoms with Crippen molar-refractivity contribution < 1.29 is 4.79 Å². The fourth-order valence-corrected chi connectivity index (χ4v) is 1.46. The van der Waals surface area contributed by atoms with Crippen LogP contribution in [0.1, 0.15) is 12.5 Å². The Labute approximate surface area is 95.4 Å². The maximum absolute atomic E-state index is 11.5. The summed E-state index contributed by atoms with van der Waals surface area (Å²) in [6, 6.07) is 5.33. The summed E-state index contributed by atoms with van der Waals surface area (Å²) in [7, 11) is 1.60. The van der Waals surface area contributed by atoms with Crippen LogP contribution in [0, 0.1) is 0 Å². The molecule has 5 nitrogen and oxygen atoms in total. The number of benzene rings is 1. The lowest BCUT2D eigenvalue weighted by molar-refractivity contribution is 0.200. The fourth-order valence-electron chi connectivity index (χ4n) is 1.46. The van der Waals surface area contributed by atoms with Crippen LogP contribution in [0.3, 0.4) is 0 Å². The highest BCUT2D eigenvalue weighted by Gasteiger charge is 2.12. The fraction of sp³-hybridized carbons (Fsp3) is 0.364. The second-order valence-electron chi connectivity index (χ2n) is 3.49. The predicted molar refractivity (Wildman–Crippen MR) is 65.8 cm³/mol. The van der Waals surface area contributed by atoms with Gasteiger partial charge in [0.05, 0.1) is 11.4 Å². The molecule has 88 valence electrons. The number of hydrogen-bond acceptors (Lipinski definition) is 3. The lowest BCUT2D eigenvalue weighted by Crippen LogP contribution is -2.37. The van der Waals surface area contributed by atoms with Gasteiger partial charge in [-0.3, -0.25) is 0 Å². The van der Waals surface area contributed by atoms with E-state index in [2.05, 4.69) is 5.32 Å². The lowest BCUT2D eigenvalue weighted by Gasteiger charge is -2.21. The summed E-state index contributed by atoms with van der Waals surface area (Å²) in [4.78, 5) is 13.1. The minimum atomic E-state index is -0.121. The molecular weight excluding hydrogens is 204 g/mol. The van der Waals surface area contributed by atoms with Gasteiger partial charge in [0, 0.05) is 20.1 Å². The number of urea groups is 1. The number of nitrogens with one attached hydrogen (secondary N) is 1. The number of rotatable bonds is 3. The van der Waals surface area contributed by atoms with Crippen molar-refractivity contribution in [3.05, 3.63) is 23.8 Å². The third-order valence-electron chi connectivity index (χ3n) is 2.47. The smallest absolute Gasteiger partial charge is 0.317 e. The molecule has 2 amide bonds. The Morgan fingerprint density at radius 2 is 2.12 bits per heavy atom. The highest BCUT2D eigenvalue weighted by Crippen LogP contribution is 2.20. The van der Waals surface area contributed by atoms with Crippen molar-refractivity contribution in [3.63, 3.8) is 0 Å². The molecule has 0 radical (unpaired) electrons. The Hall–Kier alpha value is -1.91. The first-order valence-corrected chi connectivity index (χ1v) is 5.19. The SMILES string of the molecule is CCN(Cc1cccc(N)c1N)C(=O)NC. The van der Waals surface area contributed by atoms with E-state index in [-0.39, 0.29) is 6.03 Å². The van der Waals surface area contributed by atoms with E-state index in [9.17, 15) is 4.79 Å². The Balaban J connectivity index is 2.86. The number of nitrogen functional groups attached to an aromatic ring is 2. The molecule has 0 heterocycles. The van der Waals surface area contributed by atoms with E-state index < -0.39 is 0 Å². The summed E-state index contributed by atoms with van der Waals surface area (Å²) in [5.41, 5.74) is 13.5. The molecule has 1 rings (SSSR count). The molecule has 5 N–H and O–H groups in total. The molecule has 0 aromatic heterocycles. The molecule has 0 bridgehead atoms. The Morgan fingerprint density at radius 1 is 1.44 bits per heavy atom. The topological polar surface area (TPSA) is 84.4 Å². The zero-order valence-electron chi connectivity index (χ0n) is 9.66. The lowest BCUT2D eigenvalue weighted by atomic mass is 10.1. The van der Waals surface area contributed by atoms with Crippen molar-refractivity contribution in [1.82, 2.24) is 10.2 Å². The Morgan fingerprint density at radius 3 is 2.69 bits per heavy atom. The summed E-state index contributed by atoms with van der Waals surface area (Å²) in [6.45, 7) is 3.00. The predicted octanol–water partition coefficient (Wildman–Crippen LogP) is 1.01. The number of para-hydroxylation sites is 1. The number of hydrogen-bond donors (Lipinski definition) is 3. The Kier molecular flexibility index (Phi) is 3.99. The minimum absolute atomic E-state index is 0.121. The molecule has 1 aromatic carbocycles. The van der Waals surface area contributed by atoms with Gasteiger partial charge in [-0.1, -0.05) is 12.1 Å². The molecule has 0 atom stereocenters. The summed E-state index contributed by atoms with van der Waals surface area (Å²) in [5, 5.41) is 2.59. The van der Waals surface area contributed by atoms with Gasteiger partial charge < -0.3 is 21.7 Å². The summed E-state index contributed by atoms with van der Waals surface area (Å²) in [6.07, 6.45) is 0. The number of nitrogens with two attached hydrogens (primary N) is 2. The highest BCUT2D eigenvalue weighted by atomic mass is 16.2. The van der Waals surface area contributed by atoms with Crippen molar-refractivity contribution >= 4 is 17.4 Å². The third kappa shape index (κ3) is 2.56. The van der Waals surface area contributed by atoms with E-state index in [0.29, 0.717) is 24.5 Å². The van der Waals surface area contributed by atoms with E-state index in [1.54, 1.807) is 18.0 Å². The van der Waals surface area contributed by atoms with E-state index in [1.165, 1.54) is 0 Å². The van der Waals surface area contributed by atoms with Crippen molar-refractivity contribution in [1.29, 1.82) is 0 Å². The number of amides is 2. The standard InChI is InChI=1S/C11H18N4O/c1-3-15(11(16)14-2)7-8-5-4-6-9(12)10(8)13/h4-6H,3,7,12-13H2,1-2H3,(H,14,16). The first-order chi connectivity index (χ1) is 7.60. The van der Waals surface area contributed by atoms with Gasteiger partial charge in [0.15, 0.2) is 0 Å². The summed E-state index contributed by atoms with van der Waals surface area (Å²) < 4.78 is 0. The van der Waals surface area contributed by atoms with Crippen LogP contribution in [0.2, 0.25) is 0 Å². The first-order valence-electron chi connectivity index (χ1n) is 5.19. The van der Waals surface area contributed by atoms with Crippen LogP contribution in [-0.2, 0) is 6.54 Å². The molecule has 0 aliphatic rings. The molecule has 0 aliphatic carbocycles. The van der Waals surface area contributed by atoms with E-state index in [4.69, 9.17) is 11.5 Å². The zero-order chi connectivity index (χ0) is 12.1. The van der Waals surface area contributed by atoms with Gasteiger partial charge in [-0.2, -0.15) is 0 Å². The van der Waals surface area contributed by atoms with Crippen molar-refractivity contribution in [2.75, 3.05) is 25.1 Å². The molecule has 1 aromatic rings. The van der Waals surface area contributed by atoms with Crippen molar-refractivity contribution in [3.8, 4) is 0 Å². The molecule has 0 spiro atoms. The maximum Gasteiger partial charge on any atom is 0.317 e. The van der Waals surface area contributed by atoms with Crippen molar-refractivity contribution in [2.45, 2.75) is 13.5 Å². The first kappa shape index (κ1) is 12.2. The summed E-state index contributed by atoms with van der Waals surface area (Å²) in [5.74, 6) is 0. The summed E-state index contributed by atoms with van der Waals surface area (Å²) >= 11 is 0. The van der Waals surface area contributed by atoms with Gasteiger partial charge in [0.25, 0.3) is 0 Å². The second kappa shape index (κ2) is 5.25. The van der Waals surface area contributed by atoms with E-state index in [0.717, 1.165) is 5.56 Å². The molecular formula is C11H18N4O. The van der Waals surface area contributed by atoms with E-state index in [1.807, 2.05) is 19.1 Å². The average molecular weight is 222 g/mol.